The maximum absolute atomic E-state index is 5.00. The van der Waals surface area contributed by atoms with Gasteiger partial charge in [0.05, 0.1) is 5.69 Å². The van der Waals surface area contributed by atoms with Crippen molar-refractivity contribution in [1.82, 2.24) is 4.90 Å². The van der Waals surface area contributed by atoms with Crippen molar-refractivity contribution in [1.29, 1.82) is 0 Å². The highest BCUT2D eigenvalue weighted by Crippen LogP contribution is 2.44. The Morgan fingerprint density at radius 3 is 2.00 bits per heavy atom. The van der Waals surface area contributed by atoms with Gasteiger partial charge in [-0.1, -0.05) is 78.9 Å². The van der Waals surface area contributed by atoms with Gasteiger partial charge < -0.3 is 4.90 Å². The third-order valence-corrected chi connectivity index (χ3v) is 5.54. The first kappa shape index (κ1) is 14.5. The average Bonchev–Trinajstić information content (AvgIpc) is 3.07. The standard InChI is InChI=1S/C23H20N2/c1-3-10-19(11-4-1)23(20-12-5-2-6-13-20)15-22-24-21-14-8-7-9-18(21)16-25(22)17-23/h1-14H,15-17H2. The van der Waals surface area contributed by atoms with Crippen molar-refractivity contribution in [3.05, 3.63) is 102 Å². The predicted octanol–water partition coefficient (Wildman–Crippen LogP) is 4.92. The van der Waals surface area contributed by atoms with E-state index in [4.69, 9.17) is 4.99 Å². The van der Waals surface area contributed by atoms with E-state index >= 15 is 0 Å². The molecular weight excluding hydrogens is 304 g/mol. The molecule has 2 aliphatic rings. The number of para-hydroxylation sites is 1. The molecule has 2 heteroatoms. The smallest absolute Gasteiger partial charge is 0.106 e. The maximum Gasteiger partial charge on any atom is 0.106 e. The molecule has 3 aromatic rings. The Kier molecular flexibility index (Phi) is 3.24. The van der Waals surface area contributed by atoms with Gasteiger partial charge in [-0.15, -0.1) is 0 Å². The van der Waals surface area contributed by atoms with Gasteiger partial charge in [0.15, 0.2) is 0 Å². The number of aliphatic imine (C=N–C) groups is 1. The molecule has 0 N–H and O–H groups in total. The van der Waals surface area contributed by atoms with Crippen LogP contribution in [0.15, 0.2) is 89.9 Å². The molecule has 2 heterocycles. The van der Waals surface area contributed by atoms with Gasteiger partial charge in [-0.25, -0.2) is 4.99 Å². The number of rotatable bonds is 2. The minimum atomic E-state index is -0.0244. The zero-order chi connectivity index (χ0) is 16.7. The predicted molar refractivity (Wildman–Crippen MR) is 102 cm³/mol. The second kappa shape index (κ2) is 5.59. The molecule has 1 fully saturated rings. The quantitative estimate of drug-likeness (QED) is 0.653. The molecule has 0 bridgehead atoms. The summed E-state index contributed by atoms with van der Waals surface area (Å²) >= 11 is 0. The number of hydrogen-bond acceptors (Lipinski definition) is 2. The third-order valence-electron chi connectivity index (χ3n) is 5.54. The molecule has 0 radical (unpaired) electrons. The van der Waals surface area contributed by atoms with Crippen LogP contribution in [0.1, 0.15) is 23.1 Å². The van der Waals surface area contributed by atoms with Crippen LogP contribution in [0.2, 0.25) is 0 Å². The summed E-state index contributed by atoms with van der Waals surface area (Å²) in [6.07, 6.45) is 0.954. The van der Waals surface area contributed by atoms with E-state index < -0.39 is 0 Å². The molecule has 0 amide bonds. The van der Waals surface area contributed by atoms with Crippen LogP contribution in [-0.4, -0.2) is 17.3 Å². The van der Waals surface area contributed by atoms with Crippen molar-refractivity contribution in [3.8, 4) is 0 Å². The number of benzene rings is 3. The summed E-state index contributed by atoms with van der Waals surface area (Å²) in [6, 6.07) is 30.3. The van der Waals surface area contributed by atoms with Gasteiger partial charge in [-0.05, 0) is 22.8 Å². The summed E-state index contributed by atoms with van der Waals surface area (Å²) in [5.74, 6) is 1.21. The van der Waals surface area contributed by atoms with E-state index in [0.717, 1.165) is 25.2 Å². The summed E-state index contributed by atoms with van der Waals surface area (Å²) in [7, 11) is 0. The summed E-state index contributed by atoms with van der Waals surface area (Å²) in [5.41, 5.74) is 5.18. The molecule has 2 nitrogen and oxygen atoms in total. The minimum Gasteiger partial charge on any atom is -0.354 e. The van der Waals surface area contributed by atoms with E-state index in [2.05, 4.69) is 89.8 Å². The van der Waals surface area contributed by atoms with Crippen LogP contribution in [0, 0.1) is 0 Å². The lowest BCUT2D eigenvalue weighted by Crippen LogP contribution is -2.33. The molecule has 2 aliphatic heterocycles. The van der Waals surface area contributed by atoms with E-state index in [-0.39, 0.29) is 5.41 Å². The highest BCUT2D eigenvalue weighted by Gasteiger charge is 2.45. The molecule has 3 aromatic carbocycles. The summed E-state index contributed by atoms with van der Waals surface area (Å²) < 4.78 is 0. The van der Waals surface area contributed by atoms with Crippen LogP contribution >= 0.6 is 0 Å². The Bertz CT molecular complexity index is 889. The lowest BCUT2D eigenvalue weighted by Gasteiger charge is -2.31. The van der Waals surface area contributed by atoms with Crippen LogP contribution in [0.5, 0.6) is 0 Å². The van der Waals surface area contributed by atoms with Crippen LogP contribution in [0.3, 0.4) is 0 Å². The van der Waals surface area contributed by atoms with Gasteiger partial charge in [0.25, 0.3) is 0 Å². The van der Waals surface area contributed by atoms with Crippen molar-refractivity contribution in [2.45, 2.75) is 18.4 Å². The molecule has 0 saturated carbocycles. The van der Waals surface area contributed by atoms with Crippen LogP contribution in [0.4, 0.5) is 5.69 Å². The van der Waals surface area contributed by atoms with Crippen molar-refractivity contribution in [2.75, 3.05) is 6.54 Å². The van der Waals surface area contributed by atoms with Gasteiger partial charge in [-0.3, -0.25) is 0 Å². The Labute approximate surface area is 148 Å². The van der Waals surface area contributed by atoms with Gasteiger partial charge in [-0.2, -0.15) is 0 Å². The largest absolute Gasteiger partial charge is 0.354 e. The van der Waals surface area contributed by atoms with Crippen molar-refractivity contribution >= 4 is 11.5 Å². The highest BCUT2D eigenvalue weighted by molar-refractivity contribution is 5.91. The second-order valence-corrected chi connectivity index (χ2v) is 7.00. The fraction of sp³-hybridized carbons (Fsp3) is 0.174. The molecule has 0 atom stereocenters. The fourth-order valence-corrected chi connectivity index (χ4v) is 4.28. The Morgan fingerprint density at radius 1 is 0.720 bits per heavy atom. The third kappa shape index (κ3) is 2.29. The summed E-state index contributed by atoms with van der Waals surface area (Å²) in [4.78, 5) is 7.46. The number of hydrogen-bond donors (Lipinski definition) is 0. The minimum absolute atomic E-state index is 0.0244. The molecule has 5 rings (SSSR count). The topological polar surface area (TPSA) is 15.6 Å². The molecule has 0 aliphatic carbocycles. The van der Waals surface area contributed by atoms with E-state index in [9.17, 15) is 0 Å². The first-order valence-electron chi connectivity index (χ1n) is 8.87. The molecule has 0 spiro atoms. The first-order chi connectivity index (χ1) is 12.4. The Morgan fingerprint density at radius 2 is 1.32 bits per heavy atom. The molecule has 0 unspecified atom stereocenters. The average molecular weight is 324 g/mol. The zero-order valence-electron chi connectivity index (χ0n) is 14.1. The van der Waals surface area contributed by atoms with E-state index in [1.807, 2.05) is 0 Å². The van der Waals surface area contributed by atoms with Crippen LogP contribution in [-0.2, 0) is 12.0 Å². The SMILES string of the molecule is c1ccc(C2(c3ccccc3)CC3=Nc4ccccc4CN3C2)cc1. The Hall–Kier alpha value is -2.87. The molecular formula is C23H20N2. The van der Waals surface area contributed by atoms with E-state index in [1.165, 1.54) is 22.5 Å². The molecule has 1 saturated heterocycles. The normalized spacial score (nSPS) is 17.6. The highest BCUT2D eigenvalue weighted by atomic mass is 15.2. The second-order valence-electron chi connectivity index (χ2n) is 7.00. The lowest BCUT2D eigenvalue weighted by atomic mass is 9.74. The molecule has 0 aromatic heterocycles. The zero-order valence-corrected chi connectivity index (χ0v) is 14.1. The van der Waals surface area contributed by atoms with E-state index in [1.54, 1.807) is 0 Å². The lowest BCUT2D eigenvalue weighted by molar-refractivity contribution is 0.385. The van der Waals surface area contributed by atoms with Crippen LogP contribution in [0.25, 0.3) is 0 Å². The van der Waals surface area contributed by atoms with Crippen molar-refractivity contribution in [2.24, 2.45) is 4.99 Å². The van der Waals surface area contributed by atoms with Crippen molar-refractivity contribution in [3.63, 3.8) is 0 Å². The summed E-state index contributed by atoms with van der Waals surface area (Å²) in [5, 5.41) is 0. The maximum atomic E-state index is 5.00. The van der Waals surface area contributed by atoms with Gasteiger partial charge in [0.2, 0.25) is 0 Å². The van der Waals surface area contributed by atoms with Crippen LogP contribution < -0.4 is 0 Å². The molecule has 25 heavy (non-hydrogen) atoms. The van der Waals surface area contributed by atoms with Gasteiger partial charge in [0, 0.05) is 24.9 Å². The Balaban J connectivity index is 1.64. The van der Waals surface area contributed by atoms with Gasteiger partial charge >= 0.3 is 0 Å². The fourth-order valence-electron chi connectivity index (χ4n) is 4.28. The number of nitrogens with zero attached hydrogens (tertiary/aromatic N) is 2. The first-order valence-corrected chi connectivity index (χ1v) is 8.87. The van der Waals surface area contributed by atoms with E-state index in [0.29, 0.717) is 0 Å². The van der Waals surface area contributed by atoms with Crippen molar-refractivity contribution < 1.29 is 0 Å². The molecule has 122 valence electrons. The van der Waals surface area contributed by atoms with Gasteiger partial charge in [0.1, 0.15) is 5.84 Å². The summed E-state index contributed by atoms with van der Waals surface area (Å²) in [6.45, 7) is 1.94. The monoisotopic (exact) mass is 324 g/mol. The number of amidine groups is 1. The number of fused-ring (bicyclic) bond motifs is 2.